The molecule has 0 N–H and O–H groups in total. The van der Waals surface area contributed by atoms with Gasteiger partial charge in [0.05, 0.1) is 16.7 Å². The standard InChI is InChI=1S/C58H40N2/c1-2-15-41(16-3-1)46-20-13-22-49(39-46)53-25-6-9-28-56(53)59(51-23-14-24-52(40-51)60-57-29-10-7-26-54(57)55-27-8-11-30-58(55)60)50-35-33-43(34-36-50)45-19-12-21-47(37-45)48-32-31-42-17-4-5-18-44(42)38-48/h1-40H. The third-order valence-corrected chi connectivity index (χ3v) is 11.8. The Hall–Kier alpha value is -7.94. The van der Waals surface area contributed by atoms with Gasteiger partial charge in [0.25, 0.3) is 0 Å². The Morgan fingerprint density at radius 3 is 1.55 bits per heavy atom. The molecule has 1 heterocycles. The lowest BCUT2D eigenvalue weighted by atomic mass is 9.96. The van der Waals surface area contributed by atoms with E-state index in [-0.39, 0.29) is 0 Å². The molecule has 10 aromatic carbocycles. The Morgan fingerprint density at radius 1 is 0.283 bits per heavy atom. The predicted octanol–water partition coefficient (Wildman–Crippen LogP) is 16.1. The van der Waals surface area contributed by atoms with Gasteiger partial charge in [-0.2, -0.15) is 0 Å². The molecule has 0 saturated heterocycles. The van der Waals surface area contributed by atoms with Gasteiger partial charge < -0.3 is 9.47 Å². The van der Waals surface area contributed by atoms with Crippen LogP contribution in [-0.2, 0) is 0 Å². The summed E-state index contributed by atoms with van der Waals surface area (Å²) in [5, 5.41) is 5.00. The van der Waals surface area contributed by atoms with E-state index in [1.165, 1.54) is 66.0 Å². The van der Waals surface area contributed by atoms with Crippen molar-refractivity contribution in [3.8, 4) is 50.2 Å². The van der Waals surface area contributed by atoms with Crippen LogP contribution in [0.2, 0.25) is 0 Å². The van der Waals surface area contributed by atoms with Gasteiger partial charge in [0.15, 0.2) is 0 Å². The number of aromatic nitrogens is 1. The van der Waals surface area contributed by atoms with Crippen LogP contribution >= 0.6 is 0 Å². The predicted molar refractivity (Wildman–Crippen MR) is 255 cm³/mol. The fraction of sp³-hybridized carbons (Fsp3) is 0. The third-order valence-electron chi connectivity index (χ3n) is 11.8. The molecular weight excluding hydrogens is 725 g/mol. The van der Waals surface area contributed by atoms with Crippen LogP contribution in [0.1, 0.15) is 0 Å². The summed E-state index contributed by atoms with van der Waals surface area (Å²) in [5.74, 6) is 0. The minimum Gasteiger partial charge on any atom is -0.310 e. The maximum absolute atomic E-state index is 2.41. The minimum atomic E-state index is 1.08. The molecule has 0 amide bonds. The number of nitrogens with zero attached hydrogens (tertiary/aromatic N) is 2. The quantitative estimate of drug-likeness (QED) is 0.150. The van der Waals surface area contributed by atoms with Crippen LogP contribution in [0.15, 0.2) is 243 Å². The van der Waals surface area contributed by atoms with Gasteiger partial charge in [0.1, 0.15) is 0 Å². The Balaban J connectivity index is 1.05. The summed E-state index contributed by atoms with van der Waals surface area (Å²) in [6.07, 6.45) is 0. The molecule has 0 spiro atoms. The van der Waals surface area contributed by atoms with Crippen molar-refractivity contribution in [3.05, 3.63) is 243 Å². The monoisotopic (exact) mass is 764 g/mol. The Labute approximate surface area is 350 Å². The van der Waals surface area contributed by atoms with Crippen molar-refractivity contribution >= 4 is 49.6 Å². The summed E-state index contributed by atoms with van der Waals surface area (Å²) < 4.78 is 2.40. The molecule has 2 nitrogen and oxygen atoms in total. The van der Waals surface area contributed by atoms with E-state index in [1.807, 2.05) is 0 Å². The molecule has 0 atom stereocenters. The van der Waals surface area contributed by atoms with Gasteiger partial charge in [-0.25, -0.2) is 0 Å². The SMILES string of the molecule is c1ccc(-c2cccc(-c3ccccc3N(c3ccc(-c4cccc(-c5ccc6ccccc6c5)c4)cc3)c3cccc(-n4c5ccccc5c5ccccc54)c3)c2)cc1. The summed E-state index contributed by atoms with van der Waals surface area (Å²) >= 11 is 0. The van der Waals surface area contributed by atoms with Crippen LogP contribution < -0.4 is 4.90 Å². The third kappa shape index (κ3) is 6.41. The average Bonchev–Trinajstić information content (AvgIpc) is 3.67. The Kier molecular flexibility index (Phi) is 8.87. The molecule has 0 aliphatic heterocycles. The van der Waals surface area contributed by atoms with Crippen molar-refractivity contribution in [1.29, 1.82) is 0 Å². The zero-order valence-electron chi connectivity index (χ0n) is 33.0. The van der Waals surface area contributed by atoms with Gasteiger partial charge in [0, 0.05) is 33.4 Å². The molecule has 0 radical (unpaired) electrons. The molecule has 0 unspecified atom stereocenters. The van der Waals surface area contributed by atoms with Crippen molar-refractivity contribution in [2.24, 2.45) is 0 Å². The Bertz CT molecular complexity index is 3270. The van der Waals surface area contributed by atoms with Crippen molar-refractivity contribution in [2.45, 2.75) is 0 Å². The van der Waals surface area contributed by atoms with E-state index >= 15 is 0 Å². The van der Waals surface area contributed by atoms with E-state index in [2.05, 4.69) is 252 Å². The van der Waals surface area contributed by atoms with Crippen LogP contribution in [0.4, 0.5) is 17.1 Å². The molecule has 0 aliphatic carbocycles. The number of para-hydroxylation sites is 3. The second-order valence-corrected chi connectivity index (χ2v) is 15.4. The van der Waals surface area contributed by atoms with Crippen LogP contribution in [0.3, 0.4) is 0 Å². The molecule has 60 heavy (non-hydrogen) atoms. The number of fused-ring (bicyclic) bond motifs is 4. The normalized spacial score (nSPS) is 11.3. The van der Waals surface area contributed by atoms with Gasteiger partial charge in [-0.1, -0.05) is 176 Å². The van der Waals surface area contributed by atoms with Crippen molar-refractivity contribution in [2.75, 3.05) is 4.90 Å². The highest BCUT2D eigenvalue weighted by Crippen LogP contribution is 2.43. The minimum absolute atomic E-state index is 1.08. The molecule has 2 heteroatoms. The van der Waals surface area contributed by atoms with Crippen molar-refractivity contribution in [1.82, 2.24) is 4.57 Å². The first-order valence-electron chi connectivity index (χ1n) is 20.6. The van der Waals surface area contributed by atoms with Gasteiger partial charge in [-0.3, -0.25) is 0 Å². The van der Waals surface area contributed by atoms with Crippen LogP contribution in [0.5, 0.6) is 0 Å². The maximum Gasteiger partial charge on any atom is 0.0541 e. The Morgan fingerprint density at radius 2 is 0.800 bits per heavy atom. The first kappa shape index (κ1) is 35.2. The first-order chi connectivity index (χ1) is 29.7. The zero-order chi connectivity index (χ0) is 39.8. The summed E-state index contributed by atoms with van der Waals surface area (Å²) in [7, 11) is 0. The highest BCUT2D eigenvalue weighted by Gasteiger charge is 2.20. The number of anilines is 3. The molecule has 0 aliphatic rings. The van der Waals surface area contributed by atoms with Crippen LogP contribution in [-0.4, -0.2) is 4.57 Å². The molecule has 11 aromatic rings. The van der Waals surface area contributed by atoms with Crippen molar-refractivity contribution < 1.29 is 0 Å². The van der Waals surface area contributed by atoms with Gasteiger partial charge in [0.2, 0.25) is 0 Å². The summed E-state index contributed by atoms with van der Waals surface area (Å²) in [6, 6.07) is 87.9. The zero-order valence-corrected chi connectivity index (χ0v) is 33.0. The van der Waals surface area contributed by atoms with E-state index in [4.69, 9.17) is 0 Å². The summed E-state index contributed by atoms with van der Waals surface area (Å²) in [5.41, 5.74) is 16.2. The van der Waals surface area contributed by atoms with E-state index in [1.54, 1.807) is 0 Å². The second kappa shape index (κ2) is 15.1. The van der Waals surface area contributed by atoms with Crippen molar-refractivity contribution in [3.63, 3.8) is 0 Å². The fourth-order valence-corrected chi connectivity index (χ4v) is 8.86. The summed E-state index contributed by atoms with van der Waals surface area (Å²) in [6.45, 7) is 0. The van der Waals surface area contributed by atoms with Gasteiger partial charge in [-0.05, 0) is 116 Å². The number of hydrogen-bond donors (Lipinski definition) is 0. The van der Waals surface area contributed by atoms with E-state index in [0.717, 1.165) is 33.9 Å². The van der Waals surface area contributed by atoms with E-state index in [9.17, 15) is 0 Å². The number of hydrogen-bond acceptors (Lipinski definition) is 1. The van der Waals surface area contributed by atoms with Crippen LogP contribution in [0.25, 0.3) is 82.8 Å². The van der Waals surface area contributed by atoms with Crippen LogP contribution in [0, 0.1) is 0 Å². The lowest BCUT2D eigenvalue weighted by Gasteiger charge is -2.28. The lowest BCUT2D eigenvalue weighted by molar-refractivity contribution is 1.17. The highest BCUT2D eigenvalue weighted by molar-refractivity contribution is 6.09. The molecule has 11 rings (SSSR count). The first-order valence-corrected chi connectivity index (χ1v) is 20.6. The van der Waals surface area contributed by atoms with E-state index in [0.29, 0.717) is 0 Å². The fourth-order valence-electron chi connectivity index (χ4n) is 8.86. The average molecular weight is 765 g/mol. The lowest BCUT2D eigenvalue weighted by Crippen LogP contribution is -2.11. The number of benzene rings is 10. The van der Waals surface area contributed by atoms with Gasteiger partial charge in [-0.15, -0.1) is 0 Å². The number of rotatable bonds is 8. The topological polar surface area (TPSA) is 8.17 Å². The highest BCUT2D eigenvalue weighted by atomic mass is 15.1. The second-order valence-electron chi connectivity index (χ2n) is 15.4. The molecule has 1 aromatic heterocycles. The molecule has 0 bridgehead atoms. The largest absolute Gasteiger partial charge is 0.310 e. The molecule has 282 valence electrons. The molecular formula is C58H40N2. The smallest absolute Gasteiger partial charge is 0.0541 e. The van der Waals surface area contributed by atoms with E-state index < -0.39 is 0 Å². The summed E-state index contributed by atoms with van der Waals surface area (Å²) in [4.78, 5) is 2.41. The maximum atomic E-state index is 2.41. The van der Waals surface area contributed by atoms with Gasteiger partial charge >= 0.3 is 0 Å². The molecule has 0 fully saturated rings. The molecule has 0 saturated carbocycles.